The van der Waals surface area contributed by atoms with E-state index in [0.29, 0.717) is 11.4 Å². The topological polar surface area (TPSA) is 673 Å². The quantitative estimate of drug-likeness (QED) is 0.00427. The van der Waals surface area contributed by atoms with Crippen LogP contribution < -0.4 is 268 Å². The maximum absolute atomic E-state index is 13.3. The molecule has 0 fully saturated rings. The molecule has 122 heavy (non-hydrogen) atoms. The van der Waals surface area contributed by atoms with Crippen LogP contribution in [0, 0.1) is 0 Å². The van der Waals surface area contributed by atoms with E-state index in [0.717, 1.165) is 91.9 Å². The molecule has 0 saturated heterocycles. The molecule has 8 unspecified atom stereocenters. The summed E-state index contributed by atoms with van der Waals surface area (Å²) in [5, 5.41) is 42.7. The zero-order chi connectivity index (χ0) is 84.8. The van der Waals surface area contributed by atoms with E-state index < -0.39 is 160 Å². The Hall–Kier alpha value is -0.370. The smallest absolute Gasteiger partial charge is 0.776 e. The molecule has 0 radical (unpaired) electrons. The molecule has 10 N–H and O–H groups in total. The third kappa shape index (κ3) is 39.8. The summed E-state index contributed by atoms with van der Waals surface area (Å²) in [6, 6.07) is 43.8. The van der Waals surface area contributed by atoms with Crippen LogP contribution in [0.5, 0.6) is 0 Å². The van der Waals surface area contributed by atoms with E-state index in [1.54, 1.807) is 24.3 Å². The van der Waals surface area contributed by atoms with Gasteiger partial charge in [0, 0.05) is 47.0 Å². The molecule has 0 aliphatic rings. The fourth-order valence-corrected chi connectivity index (χ4v) is 18.0. The van der Waals surface area contributed by atoms with Crippen molar-refractivity contribution in [2.45, 2.75) is 93.5 Å². The number of nitrogens with one attached hydrogen (secondary N) is 6. The summed E-state index contributed by atoms with van der Waals surface area (Å²) in [7, 11) is -42.7. The first kappa shape index (κ1) is 126. The third-order valence-electron chi connectivity index (χ3n) is 15.6. The van der Waals surface area contributed by atoms with Crippen LogP contribution in [0.2, 0.25) is 0 Å². The predicted molar refractivity (Wildman–Crippen MR) is 403 cm³/mol. The van der Waals surface area contributed by atoms with E-state index in [1.807, 2.05) is 0 Å². The van der Waals surface area contributed by atoms with E-state index in [-0.39, 0.29) is 344 Å². The van der Waals surface area contributed by atoms with Crippen LogP contribution >= 0.6 is 24.6 Å². The van der Waals surface area contributed by atoms with Gasteiger partial charge in [-0.1, -0.05) is 85.3 Å². The second-order valence-corrected chi connectivity index (χ2v) is 39.2. The summed E-state index contributed by atoms with van der Waals surface area (Å²) in [6.07, 6.45) is -5.77. The van der Waals surface area contributed by atoms with Gasteiger partial charge in [0.05, 0.1) is 46.5 Å². The molecule has 8 rings (SSSR count). The molecule has 58 heteroatoms. The fraction of sp³-hybridized carbons (Fsp3) is 0.219. The Kier molecular flexibility index (Phi) is 59.0. The summed E-state index contributed by atoms with van der Waals surface area (Å²) in [6.45, 7) is 0.171. The molecule has 0 bridgehead atoms. The zero-order valence-electron chi connectivity index (χ0n) is 66.0. The molecule has 0 heterocycles. The van der Waals surface area contributed by atoms with Crippen molar-refractivity contribution in [3.05, 3.63) is 229 Å². The summed E-state index contributed by atoms with van der Waals surface area (Å²) in [4.78, 5) is -0.817. The van der Waals surface area contributed by atoms with Crippen LogP contribution in [-0.2, 0) is 103 Å². The molecule has 0 amide bonds. The van der Waals surface area contributed by atoms with E-state index in [1.165, 1.54) is 97.1 Å². The van der Waals surface area contributed by atoms with Crippen molar-refractivity contribution in [3.63, 3.8) is 0 Å². The van der Waals surface area contributed by atoms with E-state index in [2.05, 4.69) is 40.3 Å². The minimum atomic E-state index is -5.31. The second kappa shape index (κ2) is 57.3. The zero-order valence-corrected chi connectivity index (χ0v) is 91.0. The van der Waals surface area contributed by atoms with E-state index in [9.17, 15) is 128 Å². The van der Waals surface area contributed by atoms with Gasteiger partial charge in [0.1, 0.15) is 98.6 Å². The minimum Gasteiger partial charge on any atom is -0.776 e. The predicted octanol–water partition coefficient (Wildman–Crippen LogP) is -19.5. The van der Waals surface area contributed by atoms with Gasteiger partial charge < -0.3 is 102 Å². The van der Waals surface area contributed by atoms with Gasteiger partial charge in [-0.3, -0.25) is 0 Å². The number of aliphatic hydroxyl groups excluding tert-OH is 4. The first-order valence-electron chi connectivity index (χ1n) is 31.6. The molecular weight excluding hydrogens is 1920 g/mol. The van der Waals surface area contributed by atoms with Gasteiger partial charge in [-0.2, -0.15) is 0 Å². The third-order valence-corrected chi connectivity index (χ3v) is 27.4. The maximum atomic E-state index is 13.3. The number of hydrogen-bond acceptors (Lipinski definition) is 41. The largest absolute Gasteiger partial charge is 1.00 e. The number of benzene rings is 8. The van der Waals surface area contributed by atoms with Crippen LogP contribution in [0.1, 0.15) is 41.4 Å². The summed E-state index contributed by atoms with van der Waals surface area (Å²) < 4.78 is 324. The Morgan fingerprint density at radius 1 is 0.369 bits per heavy atom. The minimum absolute atomic E-state index is 0. The first-order chi connectivity index (χ1) is 53.1. The van der Waals surface area contributed by atoms with Crippen molar-refractivity contribution in [2.24, 2.45) is 0 Å². The van der Waals surface area contributed by atoms with Crippen LogP contribution in [0.15, 0.2) is 248 Å². The number of sulfone groups is 3. The number of rotatable bonds is 39. The molecule has 0 aliphatic heterocycles. The van der Waals surface area contributed by atoms with Gasteiger partial charge in [-0.05, 0) is 164 Å². The Bertz CT molecular complexity index is 5430. The van der Waals surface area contributed by atoms with Gasteiger partial charge in [0.15, 0.2) is 15.9 Å². The van der Waals surface area contributed by atoms with Gasteiger partial charge >= 0.3 is 236 Å². The molecule has 624 valence electrons. The monoisotopic (exact) mass is 1980 g/mol. The van der Waals surface area contributed by atoms with Crippen molar-refractivity contribution in [1.29, 1.82) is 0 Å². The number of hydrogen-bond donors (Lipinski definition) is 10. The molecule has 8 aromatic rings. The summed E-state index contributed by atoms with van der Waals surface area (Å²) in [5.41, 5.74) is -1.43. The molecule has 0 aliphatic carbocycles. The van der Waals surface area contributed by atoms with Crippen molar-refractivity contribution in [2.75, 3.05) is 52.0 Å². The van der Waals surface area contributed by atoms with Crippen molar-refractivity contribution in [3.8, 4) is 0 Å². The van der Waals surface area contributed by atoms with Crippen LogP contribution in [0.3, 0.4) is 0 Å². The molecule has 39 nitrogen and oxygen atoms in total. The molecule has 8 aromatic carbocycles. The Morgan fingerprint density at radius 3 is 0.861 bits per heavy atom. The number of aliphatic hydroxyl groups is 4. The van der Waals surface area contributed by atoms with Gasteiger partial charge in [-0.15, -0.1) is 0 Å². The summed E-state index contributed by atoms with van der Waals surface area (Å²) in [5.74, 6) is -0.956. The van der Waals surface area contributed by atoms with Crippen molar-refractivity contribution >= 4 is 149 Å². The van der Waals surface area contributed by atoms with Gasteiger partial charge in [0.25, 0.3) is 5.56 Å². The molecule has 0 saturated carbocycles. The number of ether oxygens (including phenoxy) is 1. The van der Waals surface area contributed by atoms with Gasteiger partial charge in [-0.25, -0.2) is 75.8 Å². The number of anilines is 6. The van der Waals surface area contributed by atoms with Crippen molar-refractivity contribution < 1.29 is 382 Å². The summed E-state index contributed by atoms with van der Waals surface area (Å²) >= 11 is -0.0105. The SMILES string of the molecule is CC(Nc1ccc(S(=O)(=O)c2ccc(NC(O/C(=C/O)C(O)C(O)CO)S(=O)(=O)[O-])cc2)cc1)S(=O)(=O)[O-].O=S(=O)(c1ccc(NC(CC(c2ccccc2)S(=O)(=O)[O-])S(=O)(=O)[O-])cc1)c1ccc(NC(CC(c2ccccc2)S(=O)(=O)[O-])S(=O)(=O)[O-])cc1.O=S(=O)(c1ccc(NCOS[O-])cc1)c1ccc(NCOS[O-])cc1.[Na+].[Na+].[Na+].[Na+].[Na+].[Na+].[Na+].[Na+]. The Morgan fingerprint density at radius 2 is 0.631 bits per heavy atom. The molecule has 0 aromatic heterocycles. The average molecular weight is 1980 g/mol. The standard InChI is InChI=1S/C30H32N2O14S5.C20H26N2O13S3.C14H16N2O6S3.8Na/c33-47(34,25-15-11-23(12-16-25)31-29(50(41,42)43)19-27(48(35,36)37)21-7-3-1-4-8-21)26-17-13-24(14-18-26)32-30(51(44,45)46)20-28(49(38,39)40)22-9-5-2-6-10-22;1-12(37(29,30)31)21-13-2-6-15(7-3-13)36(27,28)16-8-4-14(5-9-16)22-20(38(32,33)34)35-18(11-24)19(26)17(25)10-23;17-23-21-9-15-11-1-5-13(6-2-11)25(19,20)14-7-3-12(4-8-14)16-10-22-24-18;;;;;;;;/h1-18,27-32H,19-20H2,(H,35,36,37)(H,38,39,40)(H,41,42,43)(H,44,45,46);2-9,11-12,17,19-26H,10H2,1H3,(H,29,30,31)(H,32,33,34);1-8,15-18H,9-10H2;;;;;;;;/q;;;8*+1/p-8/b;18-11+;;;;;;;;;. The van der Waals surface area contributed by atoms with Crippen LogP contribution in [0.4, 0.5) is 34.1 Å². The Balaban J connectivity index is -0.00000178. The average Bonchev–Trinajstić information content (AvgIpc) is 0.802. The molecule has 8 atom stereocenters. The van der Waals surface area contributed by atoms with Crippen molar-refractivity contribution in [1.82, 2.24) is 0 Å². The fourth-order valence-electron chi connectivity index (χ4n) is 9.74. The van der Waals surface area contributed by atoms with Crippen LogP contribution in [-0.4, -0.2) is 187 Å². The van der Waals surface area contributed by atoms with E-state index in [4.69, 9.17) is 9.84 Å². The first-order valence-corrected chi connectivity index (χ1v) is 46.2. The Labute approximate surface area is 891 Å². The maximum Gasteiger partial charge on any atom is 1.00 e. The molecular formula is C64H66N6Na8O33S11. The normalized spacial score (nSPS) is 13.8. The molecule has 0 spiro atoms. The van der Waals surface area contributed by atoms with Gasteiger partial charge in [0.2, 0.25) is 29.5 Å². The van der Waals surface area contributed by atoms with E-state index >= 15 is 0 Å². The second-order valence-electron chi connectivity index (χ2n) is 23.3. The van der Waals surface area contributed by atoms with Crippen LogP contribution in [0.25, 0.3) is 0 Å².